The number of hydrogen-bond acceptors (Lipinski definition) is 5. The van der Waals surface area contributed by atoms with Crippen LogP contribution in [0.3, 0.4) is 0 Å². The molecule has 0 aliphatic rings. The normalized spacial score (nSPS) is 12.9. The molecule has 0 bridgehead atoms. The Morgan fingerprint density at radius 3 is 2.12 bits per heavy atom. The zero-order valence-electron chi connectivity index (χ0n) is 24.4. The van der Waals surface area contributed by atoms with Gasteiger partial charge in [-0.25, -0.2) is 0 Å². The summed E-state index contributed by atoms with van der Waals surface area (Å²) in [5, 5.41) is 9.48. The molecule has 214 valence electrons. The molecule has 2 atom stereocenters. The Bertz CT molecular complexity index is 1180. The van der Waals surface area contributed by atoms with E-state index >= 15 is 0 Å². The third-order valence-electron chi connectivity index (χ3n) is 6.33. The average molecular weight is 545 g/mol. The van der Waals surface area contributed by atoms with E-state index in [-0.39, 0.29) is 11.8 Å². The average Bonchev–Trinajstić information content (AvgIpc) is 2.91. The van der Waals surface area contributed by atoms with Crippen LogP contribution in [0, 0.1) is 5.92 Å². The van der Waals surface area contributed by atoms with E-state index in [2.05, 4.69) is 34.8 Å². The summed E-state index contributed by atoms with van der Waals surface area (Å²) in [5.41, 5.74) is 2.55. The van der Waals surface area contributed by atoms with Gasteiger partial charge in [-0.2, -0.15) is 0 Å². The van der Waals surface area contributed by atoms with E-state index in [9.17, 15) is 9.59 Å². The Kier molecular flexibility index (Phi) is 11.7. The second-order valence-electron chi connectivity index (χ2n) is 11.7. The van der Waals surface area contributed by atoms with Gasteiger partial charge >= 0.3 is 0 Å². The standard InChI is InChI=1S/C33H44N4O3/c1-24(2)17-19-35-29(21-27-12-9-18-34-22-27)31(38)36-30(32(39)37-33(3,4)5)20-25-13-15-28(16-14-25)40-23-26-10-7-6-8-11-26/h6-16,18,22,24,29-30,35H,17,19-21,23H2,1-5H3,(H,36,38)(H,37,39). The lowest BCUT2D eigenvalue weighted by Gasteiger charge is -2.27. The quantitative estimate of drug-likeness (QED) is 0.270. The maximum Gasteiger partial charge on any atom is 0.243 e. The molecule has 3 rings (SSSR count). The molecule has 0 aliphatic carbocycles. The molecular weight excluding hydrogens is 500 g/mol. The third kappa shape index (κ3) is 11.2. The molecular formula is C33H44N4O3. The van der Waals surface area contributed by atoms with Crippen LogP contribution in [0.2, 0.25) is 0 Å². The lowest BCUT2D eigenvalue weighted by molar-refractivity contribution is -0.130. The van der Waals surface area contributed by atoms with E-state index in [1.54, 1.807) is 12.4 Å². The molecule has 0 aliphatic heterocycles. The van der Waals surface area contributed by atoms with Gasteiger partial charge in [0.2, 0.25) is 11.8 Å². The maximum absolute atomic E-state index is 13.6. The highest BCUT2D eigenvalue weighted by Crippen LogP contribution is 2.16. The number of nitrogens with one attached hydrogen (secondary N) is 3. The number of hydrogen-bond donors (Lipinski definition) is 3. The van der Waals surface area contributed by atoms with Crippen molar-refractivity contribution in [3.8, 4) is 5.75 Å². The van der Waals surface area contributed by atoms with Crippen LogP contribution < -0.4 is 20.7 Å². The van der Waals surface area contributed by atoms with Crippen molar-refractivity contribution in [3.05, 3.63) is 95.8 Å². The van der Waals surface area contributed by atoms with E-state index in [4.69, 9.17) is 4.74 Å². The number of rotatable bonds is 14. The van der Waals surface area contributed by atoms with Crippen molar-refractivity contribution < 1.29 is 14.3 Å². The smallest absolute Gasteiger partial charge is 0.243 e. The minimum absolute atomic E-state index is 0.204. The maximum atomic E-state index is 13.6. The van der Waals surface area contributed by atoms with Crippen LogP contribution in [0.4, 0.5) is 0 Å². The number of nitrogens with zero attached hydrogens (tertiary/aromatic N) is 1. The number of amides is 2. The molecule has 0 spiro atoms. The minimum atomic E-state index is -0.730. The predicted octanol–water partition coefficient (Wildman–Crippen LogP) is 4.85. The van der Waals surface area contributed by atoms with Crippen molar-refractivity contribution in [2.75, 3.05) is 6.54 Å². The largest absolute Gasteiger partial charge is 0.489 e. The van der Waals surface area contributed by atoms with Gasteiger partial charge in [0, 0.05) is 24.4 Å². The molecule has 7 heteroatoms. The summed E-state index contributed by atoms with van der Waals surface area (Å²) in [4.78, 5) is 31.1. The molecule has 3 aromatic rings. The van der Waals surface area contributed by atoms with E-state index in [1.165, 1.54) is 0 Å². The number of aromatic nitrogens is 1. The Balaban J connectivity index is 1.71. The lowest BCUT2D eigenvalue weighted by Crippen LogP contribution is -2.56. The zero-order chi connectivity index (χ0) is 29.0. The number of carbonyl (C=O) groups excluding carboxylic acids is 2. The van der Waals surface area contributed by atoms with E-state index < -0.39 is 17.6 Å². The van der Waals surface area contributed by atoms with Crippen molar-refractivity contribution in [1.29, 1.82) is 0 Å². The van der Waals surface area contributed by atoms with Crippen LogP contribution in [0.1, 0.15) is 57.7 Å². The van der Waals surface area contributed by atoms with Gasteiger partial charge in [0.15, 0.2) is 0 Å². The first-order chi connectivity index (χ1) is 19.1. The van der Waals surface area contributed by atoms with Crippen molar-refractivity contribution in [2.24, 2.45) is 5.92 Å². The summed E-state index contributed by atoms with van der Waals surface area (Å²) in [7, 11) is 0. The second-order valence-corrected chi connectivity index (χ2v) is 11.7. The second kappa shape index (κ2) is 15.2. The van der Waals surface area contributed by atoms with Gasteiger partial charge < -0.3 is 20.7 Å². The lowest BCUT2D eigenvalue weighted by atomic mass is 10.0. The first kappa shape index (κ1) is 30.8. The predicted molar refractivity (Wildman–Crippen MR) is 160 cm³/mol. The molecule has 2 unspecified atom stereocenters. The highest BCUT2D eigenvalue weighted by molar-refractivity contribution is 5.90. The molecule has 1 heterocycles. The van der Waals surface area contributed by atoms with Crippen LogP contribution in [-0.2, 0) is 29.0 Å². The van der Waals surface area contributed by atoms with Crippen molar-refractivity contribution in [3.63, 3.8) is 0 Å². The Morgan fingerprint density at radius 1 is 0.825 bits per heavy atom. The van der Waals surface area contributed by atoms with Crippen LogP contribution in [0.25, 0.3) is 0 Å². The fourth-order valence-corrected chi connectivity index (χ4v) is 4.20. The highest BCUT2D eigenvalue weighted by atomic mass is 16.5. The van der Waals surface area contributed by atoms with Gasteiger partial charge in [-0.05, 0) is 81.0 Å². The van der Waals surface area contributed by atoms with E-state index in [0.717, 1.165) is 28.9 Å². The summed E-state index contributed by atoms with van der Waals surface area (Å²) in [6.45, 7) is 11.3. The summed E-state index contributed by atoms with van der Waals surface area (Å²) in [5.74, 6) is 0.842. The summed E-state index contributed by atoms with van der Waals surface area (Å²) in [6, 6.07) is 20.3. The zero-order valence-corrected chi connectivity index (χ0v) is 24.4. The van der Waals surface area contributed by atoms with Gasteiger partial charge in [0.25, 0.3) is 0 Å². The van der Waals surface area contributed by atoms with Gasteiger partial charge in [0.05, 0.1) is 6.04 Å². The van der Waals surface area contributed by atoms with Crippen molar-refractivity contribution >= 4 is 11.8 Å². The van der Waals surface area contributed by atoms with E-state index in [0.29, 0.717) is 31.9 Å². The van der Waals surface area contributed by atoms with Gasteiger partial charge in [0.1, 0.15) is 18.4 Å². The fourth-order valence-electron chi connectivity index (χ4n) is 4.20. The highest BCUT2D eigenvalue weighted by Gasteiger charge is 2.28. The van der Waals surface area contributed by atoms with Crippen LogP contribution in [0.5, 0.6) is 5.75 Å². The summed E-state index contributed by atoms with van der Waals surface area (Å²) >= 11 is 0. The first-order valence-electron chi connectivity index (χ1n) is 14.1. The molecule has 2 amide bonds. The Labute approximate surface area is 239 Å². The topological polar surface area (TPSA) is 92.3 Å². The number of carbonyl (C=O) groups is 2. The van der Waals surface area contributed by atoms with Crippen LogP contribution >= 0.6 is 0 Å². The van der Waals surface area contributed by atoms with Gasteiger partial charge in [-0.3, -0.25) is 14.6 Å². The Morgan fingerprint density at radius 2 is 1.50 bits per heavy atom. The summed E-state index contributed by atoms with van der Waals surface area (Å²) in [6.07, 6.45) is 5.28. The molecule has 0 radical (unpaired) electrons. The summed E-state index contributed by atoms with van der Waals surface area (Å²) < 4.78 is 5.91. The molecule has 40 heavy (non-hydrogen) atoms. The molecule has 3 N–H and O–H groups in total. The van der Waals surface area contributed by atoms with Crippen molar-refractivity contribution in [1.82, 2.24) is 20.9 Å². The third-order valence-corrected chi connectivity index (χ3v) is 6.33. The SMILES string of the molecule is CC(C)CCNC(Cc1cccnc1)C(=O)NC(Cc1ccc(OCc2ccccc2)cc1)C(=O)NC(C)(C)C. The van der Waals surface area contributed by atoms with Crippen LogP contribution in [0.15, 0.2) is 79.1 Å². The molecule has 7 nitrogen and oxygen atoms in total. The first-order valence-corrected chi connectivity index (χ1v) is 14.1. The van der Waals surface area contributed by atoms with Crippen molar-refractivity contribution in [2.45, 2.75) is 78.1 Å². The van der Waals surface area contributed by atoms with E-state index in [1.807, 2.05) is 87.5 Å². The Hall–Kier alpha value is -3.71. The number of ether oxygens (including phenoxy) is 1. The molecule has 2 aromatic carbocycles. The monoisotopic (exact) mass is 544 g/mol. The van der Waals surface area contributed by atoms with Crippen LogP contribution in [-0.4, -0.2) is 41.0 Å². The number of benzene rings is 2. The molecule has 0 saturated heterocycles. The van der Waals surface area contributed by atoms with Gasteiger partial charge in [-0.15, -0.1) is 0 Å². The fraction of sp³-hybridized carbons (Fsp3) is 0.424. The minimum Gasteiger partial charge on any atom is -0.489 e. The molecule has 0 saturated carbocycles. The van der Waals surface area contributed by atoms with Gasteiger partial charge in [-0.1, -0.05) is 62.4 Å². The molecule has 0 fully saturated rings. The molecule has 1 aromatic heterocycles. The number of pyridine rings is 1.